The van der Waals surface area contributed by atoms with Gasteiger partial charge in [-0.05, 0) is 33.2 Å². The van der Waals surface area contributed by atoms with Gasteiger partial charge in [0.1, 0.15) is 0 Å². The highest BCUT2D eigenvalue weighted by Gasteiger charge is 2.09. The maximum Gasteiger partial charge on any atom is 0.220 e. The molecule has 5 heteroatoms. The number of ether oxygens (including phenoxy) is 2. The largest absolute Gasteiger partial charge is 0.351 e. The van der Waals surface area contributed by atoms with E-state index in [9.17, 15) is 4.79 Å². The van der Waals surface area contributed by atoms with Gasteiger partial charge in [-0.15, -0.1) is 0 Å². The van der Waals surface area contributed by atoms with Crippen molar-refractivity contribution in [2.45, 2.75) is 39.4 Å². The van der Waals surface area contributed by atoms with E-state index in [2.05, 4.69) is 5.32 Å². The number of hydrogen-bond donors (Lipinski definition) is 2. The lowest BCUT2D eigenvalue weighted by atomic mass is 10.2. The van der Waals surface area contributed by atoms with Gasteiger partial charge in [-0.1, -0.05) is 0 Å². The zero-order chi connectivity index (χ0) is 12.2. The minimum atomic E-state index is -0.339. The van der Waals surface area contributed by atoms with E-state index in [0.717, 1.165) is 12.8 Å². The first kappa shape index (κ1) is 15.3. The predicted molar refractivity (Wildman–Crippen MR) is 63.0 cm³/mol. The normalized spacial score (nSPS) is 10.8. The molecule has 0 unspecified atom stereocenters. The molecular formula is C11H24N2O3. The molecule has 0 saturated heterocycles. The Kier molecular flexibility index (Phi) is 10.4. The van der Waals surface area contributed by atoms with Gasteiger partial charge in [-0.2, -0.15) is 0 Å². The van der Waals surface area contributed by atoms with Gasteiger partial charge in [0.25, 0.3) is 0 Å². The van der Waals surface area contributed by atoms with Gasteiger partial charge in [0.2, 0.25) is 5.91 Å². The number of carbonyl (C=O) groups is 1. The first-order chi connectivity index (χ1) is 7.74. The van der Waals surface area contributed by atoms with Crippen molar-refractivity contribution in [2.24, 2.45) is 5.73 Å². The van der Waals surface area contributed by atoms with E-state index >= 15 is 0 Å². The Morgan fingerprint density at radius 2 is 1.88 bits per heavy atom. The summed E-state index contributed by atoms with van der Waals surface area (Å²) < 4.78 is 10.6. The summed E-state index contributed by atoms with van der Waals surface area (Å²) in [6, 6.07) is 0. The molecule has 0 radical (unpaired) electrons. The van der Waals surface area contributed by atoms with E-state index < -0.39 is 0 Å². The third-order valence-corrected chi connectivity index (χ3v) is 2.03. The monoisotopic (exact) mass is 232 g/mol. The lowest BCUT2D eigenvalue weighted by molar-refractivity contribution is -0.140. The molecule has 0 aliphatic rings. The fraction of sp³-hybridized carbons (Fsp3) is 0.909. The lowest BCUT2D eigenvalue weighted by Crippen LogP contribution is -2.35. The summed E-state index contributed by atoms with van der Waals surface area (Å²) in [4.78, 5) is 11.4. The van der Waals surface area contributed by atoms with Crippen LogP contribution in [0, 0.1) is 0 Å². The van der Waals surface area contributed by atoms with Crippen LogP contribution in [0.25, 0.3) is 0 Å². The molecule has 0 fully saturated rings. The van der Waals surface area contributed by atoms with E-state index in [1.54, 1.807) is 0 Å². The van der Waals surface area contributed by atoms with Crippen molar-refractivity contribution in [2.75, 3.05) is 26.3 Å². The average molecular weight is 232 g/mol. The highest BCUT2D eigenvalue weighted by Crippen LogP contribution is 1.96. The van der Waals surface area contributed by atoms with Gasteiger partial charge in [-0.3, -0.25) is 4.79 Å². The molecular weight excluding hydrogens is 208 g/mol. The van der Waals surface area contributed by atoms with Crippen LogP contribution in [0.5, 0.6) is 0 Å². The minimum absolute atomic E-state index is 0.0258. The van der Waals surface area contributed by atoms with Crippen LogP contribution in [-0.2, 0) is 14.3 Å². The second-order valence-electron chi connectivity index (χ2n) is 3.39. The molecule has 3 N–H and O–H groups in total. The highest BCUT2D eigenvalue weighted by atomic mass is 16.7. The molecule has 96 valence electrons. The fourth-order valence-electron chi connectivity index (χ4n) is 1.25. The predicted octanol–water partition coefficient (Wildman–Crippen LogP) is 0.631. The Morgan fingerprint density at radius 1 is 1.25 bits per heavy atom. The van der Waals surface area contributed by atoms with Crippen molar-refractivity contribution in [1.82, 2.24) is 5.32 Å². The number of rotatable bonds is 10. The SMILES string of the molecule is CCOC(CNC(=O)CCCCN)OCC. The van der Waals surface area contributed by atoms with Crippen molar-refractivity contribution >= 4 is 5.91 Å². The molecule has 0 bridgehead atoms. The van der Waals surface area contributed by atoms with Crippen LogP contribution in [0.15, 0.2) is 0 Å². The van der Waals surface area contributed by atoms with Gasteiger partial charge in [0.15, 0.2) is 6.29 Å². The van der Waals surface area contributed by atoms with Gasteiger partial charge >= 0.3 is 0 Å². The van der Waals surface area contributed by atoms with Crippen LogP contribution >= 0.6 is 0 Å². The number of hydrogen-bond acceptors (Lipinski definition) is 4. The molecule has 0 aromatic heterocycles. The first-order valence-electron chi connectivity index (χ1n) is 5.94. The van der Waals surface area contributed by atoms with Gasteiger partial charge in [0.05, 0.1) is 6.54 Å². The minimum Gasteiger partial charge on any atom is -0.351 e. The van der Waals surface area contributed by atoms with Crippen molar-refractivity contribution < 1.29 is 14.3 Å². The molecule has 0 aromatic carbocycles. The summed E-state index contributed by atoms with van der Waals surface area (Å²) >= 11 is 0. The molecule has 1 amide bonds. The number of carbonyl (C=O) groups excluding carboxylic acids is 1. The maximum absolute atomic E-state index is 11.4. The summed E-state index contributed by atoms with van der Waals surface area (Å²) in [5.41, 5.74) is 5.34. The van der Waals surface area contributed by atoms with Crippen molar-refractivity contribution in [3.63, 3.8) is 0 Å². The fourth-order valence-corrected chi connectivity index (χ4v) is 1.25. The molecule has 0 spiro atoms. The van der Waals surface area contributed by atoms with E-state index in [1.807, 2.05) is 13.8 Å². The Labute approximate surface area is 97.7 Å². The van der Waals surface area contributed by atoms with Crippen molar-refractivity contribution in [3.05, 3.63) is 0 Å². The van der Waals surface area contributed by atoms with Crippen LogP contribution in [0.4, 0.5) is 0 Å². The molecule has 0 rings (SSSR count). The van der Waals surface area contributed by atoms with Crippen molar-refractivity contribution in [1.29, 1.82) is 0 Å². The van der Waals surface area contributed by atoms with Crippen LogP contribution in [0.2, 0.25) is 0 Å². The van der Waals surface area contributed by atoms with Crippen molar-refractivity contribution in [3.8, 4) is 0 Å². The molecule has 0 aliphatic carbocycles. The molecule has 0 saturated carbocycles. The van der Waals surface area contributed by atoms with Gasteiger partial charge in [0, 0.05) is 19.6 Å². The molecule has 0 heterocycles. The van der Waals surface area contributed by atoms with Crippen LogP contribution < -0.4 is 11.1 Å². The number of unbranched alkanes of at least 4 members (excludes halogenated alkanes) is 1. The number of nitrogens with two attached hydrogens (primary N) is 1. The summed E-state index contributed by atoms with van der Waals surface area (Å²) in [5.74, 6) is 0.0258. The average Bonchev–Trinajstić information content (AvgIpc) is 2.27. The Balaban J connectivity index is 3.60. The summed E-state index contributed by atoms with van der Waals surface area (Å²) in [6.07, 6.45) is 1.89. The van der Waals surface area contributed by atoms with Crippen LogP contribution in [-0.4, -0.2) is 38.5 Å². The van der Waals surface area contributed by atoms with Crippen LogP contribution in [0.3, 0.4) is 0 Å². The first-order valence-corrected chi connectivity index (χ1v) is 5.94. The lowest BCUT2D eigenvalue weighted by Gasteiger charge is -2.17. The molecule has 0 atom stereocenters. The quantitative estimate of drug-likeness (QED) is 0.428. The third kappa shape index (κ3) is 8.64. The van der Waals surface area contributed by atoms with E-state index in [-0.39, 0.29) is 12.2 Å². The zero-order valence-corrected chi connectivity index (χ0v) is 10.3. The Bertz CT molecular complexity index is 171. The molecule has 0 aliphatic heterocycles. The number of nitrogens with one attached hydrogen (secondary N) is 1. The second-order valence-corrected chi connectivity index (χ2v) is 3.39. The van der Waals surface area contributed by atoms with Gasteiger partial charge < -0.3 is 20.5 Å². The second kappa shape index (κ2) is 10.9. The highest BCUT2D eigenvalue weighted by molar-refractivity contribution is 5.75. The number of amides is 1. The van der Waals surface area contributed by atoms with E-state index in [1.165, 1.54) is 0 Å². The maximum atomic E-state index is 11.4. The summed E-state index contributed by atoms with van der Waals surface area (Å²) in [6.45, 7) is 5.99. The van der Waals surface area contributed by atoms with E-state index in [0.29, 0.717) is 32.7 Å². The topological polar surface area (TPSA) is 73.6 Å². The standard InChI is InChI=1S/C11H24N2O3/c1-3-15-11(16-4-2)9-13-10(14)7-5-6-8-12/h11H,3-9,12H2,1-2H3,(H,13,14). The van der Waals surface area contributed by atoms with Gasteiger partial charge in [-0.25, -0.2) is 0 Å². The molecule has 5 nitrogen and oxygen atoms in total. The molecule has 0 aromatic rings. The third-order valence-electron chi connectivity index (χ3n) is 2.03. The smallest absolute Gasteiger partial charge is 0.220 e. The summed E-state index contributed by atoms with van der Waals surface area (Å²) in [5, 5.41) is 2.78. The zero-order valence-electron chi connectivity index (χ0n) is 10.3. The van der Waals surface area contributed by atoms with Crippen LogP contribution in [0.1, 0.15) is 33.1 Å². The van der Waals surface area contributed by atoms with E-state index in [4.69, 9.17) is 15.2 Å². The Hall–Kier alpha value is -0.650. The Morgan fingerprint density at radius 3 is 2.38 bits per heavy atom. The molecule has 16 heavy (non-hydrogen) atoms. The summed E-state index contributed by atoms with van der Waals surface area (Å²) in [7, 11) is 0.